The summed E-state index contributed by atoms with van der Waals surface area (Å²) in [7, 11) is 0. The Morgan fingerprint density at radius 2 is 1.81 bits per heavy atom. The number of nitrogens with one attached hydrogen (secondary N) is 1. The van der Waals surface area contributed by atoms with Crippen molar-refractivity contribution < 1.29 is 9.32 Å². The largest absolute Gasteiger partial charge is 0.343 e. The molecule has 0 saturated carbocycles. The number of halogens is 1. The third kappa shape index (κ3) is 4.11. The van der Waals surface area contributed by atoms with Gasteiger partial charge in [0.25, 0.3) is 5.91 Å². The van der Waals surface area contributed by atoms with E-state index in [1.165, 1.54) is 5.56 Å². The van der Waals surface area contributed by atoms with E-state index in [1.54, 1.807) is 24.3 Å². The van der Waals surface area contributed by atoms with E-state index in [0.29, 0.717) is 22.3 Å². The summed E-state index contributed by atoms with van der Waals surface area (Å²) in [6.45, 7) is 6.62. The highest BCUT2D eigenvalue weighted by Crippen LogP contribution is 2.25. The van der Waals surface area contributed by atoms with Crippen LogP contribution in [0, 0.1) is 0 Å². The molecule has 5 nitrogen and oxygen atoms in total. The van der Waals surface area contributed by atoms with E-state index in [9.17, 15) is 4.79 Å². The molecule has 3 rings (SSSR count). The maximum atomic E-state index is 12.2. The molecule has 1 amide bonds. The molecule has 0 unspecified atom stereocenters. The number of nitrogens with zero attached hydrogens (tertiary/aromatic N) is 2. The molecule has 1 N–H and O–H groups in total. The topological polar surface area (TPSA) is 68.0 Å². The van der Waals surface area contributed by atoms with Gasteiger partial charge in [-0.3, -0.25) is 4.79 Å². The number of carbonyl (C=O) groups is 1. The molecule has 1 aromatic heterocycles. The average Bonchev–Trinajstić information content (AvgIpc) is 3.08. The third-order valence-electron chi connectivity index (χ3n) is 4.00. The van der Waals surface area contributed by atoms with Crippen molar-refractivity contribution in [2.24, 2.45) is 0 Å². The van der Waals surface area contributed by atoms with Crippen molar-refractivity contribution in [1.29, 1.82) is 0 Å². The summed E-state index contributed by atoms with van der Waals surface area (Å²) in [5, 5.41) is 7.11. The lowest BCUT2D eigenvalue weighted by Crippen LogP contribution is -2.23. The van der Waals surface area contributed by atoms with Crippen molar-refractivity contribution in [3.05, 3.63) is 70.6 Å². The van der Waals surface area contributed by atoms with Gasteiger partial charge in [0.1, 0.15) is 0 Å². The summed E-state index contributed by atoms with van der Waals surface area (Å²) in [5.74, 6) is 0.539. The molecule has 0 atom stereocenters. The zero-order valence-corrected chi connectivity index (χ0v) is 15.7. The van der Waals surface area contributed by atoms with E-state index in [2.05, 4.69) is 48.4 Å². The Bertz CT molecular complexity index is 911. The van der Waals surface area contributed by atoms with Crippen molar-refractivity contribution in [2.45, 2.75) is 32.7 Å². The van der Waals surface area contributed by atoms with E-state index in [1.807, 2.05) is 12.1 Å². The quantitative estimate of drug-likeness (QED) is 0.728. The Balaban J connectivity index is 1.67. The van der Waals surface area contributed by atoms with Crippen LogP contribution in [0.2, 0.25) is 5.02 Å². The van der Waals surface area contributed by atoms with Crippen LogP contribution in [0.15, 0.2) is 53.1 Å². The lowest BCUT2D eigenvalue weighted by molar-refractivity contribution is 0.0946. The summed E-state index contributed by atoms with van der Waals surface area (Å²) in [6, 6.07) is 14.9. The van der Waals surface area contributed by atoms with Gasteiger partial charge in [-0.25, -0.2) is 0 Å². The third-order valence-corrected chi connectivity index (χ3v) is 4.33. The number of hydrogen-bond acceptors (Lipinski definition) is 4. The smallest absolute Gasteiger partial charge is 0.253 e. The Morgan fingerprint density at radius 1 is 1.12 bits per heavy atom. The highest BCUT2D eigenvalue weighted by Gasteiger charge is 2.15. The van der Waals surface area contributed by atoms with Crippen LogP contribution in [0.25, 0.3) is 11.4 Å². The Labute approximate surface area is 157 Å². The normalized spacial score (nSPS) is 11.4. The molecule has 0 saturated heterocycles. The fourth-order valence-electron chi connectivity index (χ4n) is 2.46. The summed E-state index contributed by atoms with van der Waals surface area (Å²) < 4.78 is 5.22. The number of carbonyl (C=O) groups excluding carboxylic acids is 1. The molecule has 6 heteroatoms. The Morgan fingerprint density at radius 3 is 2.46 bits per heavy atom. The maximum Gasteiger partial charge on any atom is 0.253 e. The number of aromatic nitrogens is 2. The molecule has 0 aliphatic heterocycles. The molecular formula is C20H20ClN3O2. The van der Waals surface area contributed by atoms with E-state index < -0.39 is 0 Å². The second-order valence-corrected chi connectivity index (χ2v) is 7.41. The van der Waals surface area contributed by atoms with Gasteiger partial charge in [0.2, 0.25) is 11.7 Å². The van der Waals surface area contributed by atoms with E-state index in [4.69, 9.17) is 16.1 Å². The fourth-order valence-corrected chi connectivity index (χ4v) is 2.68. The first-order chi connectivity index (χ1) is 12.3. The van der Waals surface area contributed by atoms with Crippen molar-refractivity contribution in [1.82, 2.24) is 15.5 Å². The van der Waals surface area contributed by atoms with E-state index in [-0.39, 0.29) is 17.9 Å². The molecule has 0 spiro atoms. The number of hydrogen-bond donors (Lipinski definition) is 1. The molecule has 0 bridgehead atoms. The molecule has 0 aliphatic rings. The minimum absolute atomic E-state index is 0.0872. The SMILES string of the molecule is CC(C)(C)c1ccc(-c2noc(CNC(=O)c3ccccc3Cl)n2)cc1. The van der Waals surface area contributed by atoms with Crippen LogP contribution >= 0.6 is 11.6 Å². The zero-order valence-electron chi connectivity index (χ0n) is 14.9. The van der Waals surface area contributed by atoms with Crippen molar-refractivity contribution >= 4 is 17.5 Å². The van der Waals surface area contributed by atoms with Gasteiger partial charge >= 0.3 is 0 Å². The molecule has 3 aromatic rings. The van der Waals surface area contributed by atoms with Gasteiger partial charge in [-0.1, -0.05) is 73.9 Å². The first kappa shape index (κ1) is 18.1. The van der Waals surface area contributed by atoms with Crippen LogP contribution in [-0.4, -0.2) is 16.0 Å². The predicted molar refractivity (Wildman–Crippen MR) is 101 cm³/mol. The summed E-state index contributed by atoms with van der Waals surface area (Å²) in [6.07, 6.45) is 0. The first-order valence-corrected chi connectivity index (χ1v) is 8.68. The summed E-state index contributed by atoms with van der Waals surface area (Å²) >= 11 is 6.02. The van der Waals surface area contributed by atoms with Crippen LogP contribution in [0.5, 0.6) is 0 Å². The minimum Gasteiger partial charge on any atom is -0.343 e. The van der Waals surface area contributed by atoms with Crippen LogP contribution in [0.1, 0.15) is 42.6 Å². The number of benzene rings is 2. The zero-order chi connectivity index (χ0) is 18.7. The Hall–Kier alpha value is -2.66. The van der Waals surface area contributed by atoms with Gasteiger partial charge in [-0.05, 0) is 23.1 Å². The van der Waals surface area contributed by atoms with Crippen molar-refractivity contribution in [3.63, 3.8) is 0 Å². The van der Waals surface area contributed by atoms with Gasteiger partial charge in [-0.2, -0.15) is 4.98 Å². The molecule has 134 valence electrons. The van der Waals surface area contributed by atoms with Crippen molar-refractivity contribution in [3.8, 4) is 11.4 Å². The molecule has 1 heterocycles. The van der Waals surface area contributed by atoms with Crippen molar-refractivity contribution in [2.75, 3.05) is 0 Å². The van der Waals surface area contributed by atoms with Crippen LogP contribution in [0.3, 0.4) is 0 Å². The van der Waals surface area contributed by atoms with Gasteiger partial charge in [-0.15, -0.1) is 0 Å². The summed E-state index contributed by atoms with van der Waals surface area (Å²) in [4.78, 5) is 16.5. The second kappa shape index (κ2) is 7.30. The highest BCUT2D eigenvalue weighted by atomic mass is 35.5. The van der Waals surface area contributed by atoms with Gasteiger partial charge in [0.15, 0.2) is 0 Å². The standard InChI is InChI=1S/C20H20ClN3O2/c1-20(2,3)14-10-8-13(9-11-14)18-23-17(26-24-18)12-22-19(25)15-6-4-5-7-16(15)21/h4-11H,12H2,1-3H3,(H,22,25). The van der Waals surface area contributed by atoms with Crippen LogP contribution in [-0.2, 0) is 12.0 Å². The minimum atomic E-state index is -0.287. The van der Waals surface area contributed by atoms with Gasteiger partial charge in [0.05, 0.1) is 17.1 Å². The molecule has 0 fully saturated rings. The second-order valence-electron chi connectivity index (χ2n) is 7.00. The first-order valence-electron chi connectivity index (χ1n) is 8.31. The molecule has 0 radical (unpaired) electrons. The van der Waals surface area contributed by atoms with Crippen LogP contribution in [0.4, 0.5) is 0 Å². The van der Waals surface area contributed by atoms with Gasteiger partial charge < -0.3 is 9.84 Å². The highest BCUT2D eigenvalue weighted by molar-refractivity contribution is 6.33. The predicted octanol–water partition coefficient (Wildman–Crippen LogP) is 4.62. The van der Waals surface area contributed by atoms with Crippen LogP contribution < -0.4 is 5.32 Å². The lowest BCUT2D eigenvalue weighted by Gasteiger charge is -2.18. The van der Waals surface area contributed by atoms with E-state index >= 15 is 0 Å². The molecule has 2 aromatic carbocycles. The number of rotatable bonds is 4. The van der Waals surface area contributed by atoms with E-state index in [0.717, 1.165) is 5.56 Å². The number of amides is 1. The summed E-state index contributed by atoms with van der Waals surface area (Å²) in [5.41, 5.74) is 2.60. The molecule has 0 aliphatic carbocycles. The molecular weight excluding hydrogens is 350 g/mol. The molecule has 26 heavy (non-hydrogen) atoms. The average molecular weight is 370 g/mol. The maximum absolute atomic E-state index is 12.2. The lowest BCUT2D eigenvalue weighted by atomic mass is 9.87. The fraction of sp³-hybridized carbons (Fsp3) is 0.250. The van der Waals surface area contributed by atoms with Gasteiger partial charge in [0, 0.05) is 5.56 Å². The monoisotopic (exact) mass is 369 g/mol. The Kier molecular flexibility index (Phi) is 5.09.